The molecule has 0 aliphatic carbocycles. The zero-order valence-corrected chi connectivity index (χ0v) is 11.0. The van der Waals surface area contributed by atoms with E-state index >= 15 is 0 Å². The van der Waals surface area contributed by atoms with E-state index in [1.807, 2.05) is 13.0 Å². The van der Waals surface area contributed by atoms with Gasteiger partial charge in [0.2, 0.25) is 10.0 Å². The minimum absolute atomic E-state index is 0.116. The summed E-state index contributed by atoms with van der Waals surface area (Å²) < 4.78 is 25.4. The van der Waals surface area contributed by atoms with E-state index in [0.29, 0.717) is 12.2 Å². The summed E-state index contributed by atoms with van der Waals surface area (Å²) in [5.41, 5.74) is 0.894. The van der Waals surface area contributed by atoms with E-state index < -0.39 is 10.0 Å². The number of hydrogen-bond donors (Lipinski definition) is 2. The number of sulfonamides is 1. The van der Waals surface area contributed by atoms with Gasteiger partial charge in [-0.25, -0.2) is 13.4 Å². The highest BCUT2D eigenvalue weighted by atomic mass is 32.2. The Morgan fingerprint density at radius 1 is 1.24 bits per heavy atom. The molecule has 1 rings (SSSR count). The Hall–Kier alpha value is -1.30. The highest BCUT2D eigenvalue weighted by molar-refractivity contribution is 7.92. The van der Waals surface area contributed by atoms with Crippen molar-refractivity contribution in [2.45, 2.75) is 26.7 Å². The Bertz CT molecular complexity index is 429. The van der Waals surface area contributed by atoms with Crippen molar-refractivity contribution in [1.29, 1.82) is 0 Å². The van der Waals surface area contributed by atoms with E-state index in [0.717, 1.165) is 18.7 Å². The van der Waals surface area contributed by atoms with Gasteiger partial charge in [0, 0.05) is 6.54 Å². The Kier molecular flexibility index (Phi) is 5.21. The topological polar surface area (TPSA) is 71.1 Å². The zero-order valence-electron chi connectivity index (χ0n) is 10.2. The van der Waals surface area contributed by atoms with E-state index in [2.05, 4.69) is 21.9 Å². The van der Waals surface area contributed by atoms with Crippen molar-refractivity contribution in [2.75, 3.05) is 22.3 Å². The van der Waals surface area contributed by atoms with Gasteiger partial charge in [-0.3, -0.25) is 4.72 Å². The molecule has 0 saturated heterocycles. The molecule has 0 fully saturated rings. The minimum atomic E-state index is -3.25. The number of aromatic nitrogens is 1. The van der Waals surface area contributed by atoms with Gasteiger partial charge in [-0.1, -0.05) is 13.8 Å². The van der Waals surface area contributed by atoms with Crippen molar-refractivity contribution >= 4 is 21.5 Å². The van der Waals surface area contributed by atoms with Crippen molar-refractivity contribution in [1.82, 2.24) is 4.98 Å². The molecular weight excluding hydrogens is 238 g/mol. The molecule has 0 aromatic carbocycles. The lowest BCUT2D eigenvalue weighted by atomic mass is 10.4. The molecule has 0 atom stereocenters. The van der Waals surface area contributed by atoms with Gasteiger partial charge in [-0.2, -0.15) is 0 Å². The highest BCUT2D eigenvalue weighted by Crippen LogP contribution is 2.11. The maximum absolute atomic E-state index is 11.5. The van der Waals surface area contributed by atoms with E-state index in [1.165, 1.54) is 0 Å². The Balaban J connectivity index is 2.62. The lowest BCUT2D eigenvalue weighted by Gasteiger charge is -2.07. The van der Waals surface area contributed by atoms with Gasteiger partial charge in [0.05, 0.1) is 17.6 Å². The summed E-state index contributed by atoms with van der Waals surface area (Å²) in [5.74, 6) is 0.477. The fraction of sp³-hybridized carbons (Fsp3) is 0.545. The maximum atomic E-state index is 11.5. The maximum Gasteiger partial charge on any atom is 0.233 e. The van der Waals surface area contributed by atoms with Crippen molar-refractivity contribution in [3.05, 3.63) is 18.3 Å². The van der Waals surface area contributed by atoms with Crippen LogP contribution in [0.25, 0.3) is 0 Å². The summed E-state index contributed by atoms with van der Waals surface area (Å²) in [4.78, 5) is 4.05. The normalized spacial score (nSPS) is 11.2. The predicted molar refractivity (Wildman–Crippen MR) is 70.7 cm³/mol. The number of pyridine rings is 1. The van der Waals surface area contributed by atoms with Crippen molar-refractivity contribution in [3.8, 4) is 0 Å². The molecule has 0 unspecified atom stereocenters. The quantitative estimate of drug-likeness (QED) is 0.784. The molecule has 2 N–H and O–H groups in total. The van der Waals surface area contributed by atoms with Crippen LogP contribution in [0.15, 0.2) is 18.3 Å². The standard InChI is InChI=1S/C11H19N3O2S/c1-3-7-12-10-5-6-11(13-9-10)14-17(15,16)8-4-2/h5-6,9,12H,3-4,7-8H2,1-2H3,(H,13,14). The molecule has 1 aromatic rings. The molecular formula is C11H19N3O2S. The molecule has 0 radical (unpaired) electrons. The first-order valence-corrected chi connectivity index (χ1v) is 7.43. The Morgan fingerprint density at radius 3 is 2.53 bits per heavy atom. The average Bonchev–Trinajstić information content (AvgIpc) is 2.27. The van der Waals surface area contributed by atoms with Crippen LogP contribution in [0.3, 0.4) is 0 Å². The lowest BCUT2D eigenvalue weighted by Crippen LogP contribution is -2.16. The Labute approximate surface area is 103 Å². The molecule has 1 aromatic heterocycles. The SMILES string of the molecule is CCCNc1ccc(NS(=O)(=O)CCC)nc1. The monoisotopic (exact) mass is 257 g/mol. The molecule has 0 bridgehead atoms. The predicted octanol–water partition coefficient (Wildman–Crippen LogP) is 2.06. The molecule has 0 amide bonds. The van der Waals surface area contributed by atoms with Gasteiger partial charge in [0.1, 0.15) is 5.82 Å². The second-order valence-corrected chi connectivity index (χ2v) is 5.62. The number of anilines is 2. The van der Waals surface area contributed by atoms with Crippen LogP contribution < -0.4 is 10.0 Å². The number of rotatable bonds is 7. The van der Waals surface area contributed by atoms with Crippen LogP contribution in [0.4, 0.5) is 11.5 Å². The molecule has 0 aliphatic heterocycles. The molecule has 0 aliphatic rings. The first kappa shape index (κ1) is 13.8. The molecule has 0 saturated carbocycles. The van der Waals surface area contributed by atoms with Gasteiger partial charge < -0.3 is 5.32 Å². The van der Waals surface area contributed by atoms with Crippen molar-refractivity contribution in [2.24, 2.45) is 0 Å². The summed E-state index contributed by atoms with van der Waals surface area (Å²) in [6.45, 7) is 4.78. The van der Waals surface area contributed by atoms with E-state index in [-0.39, 0.29) is 5.75 Å². The fourth-order valence-corrected chi connectivity index (χ4v) is 2.39. The smallest absolute Gasteiger partial charge is 0.233 e. The summed E-state index contributed by atoms with van der Waals surface area (Å²) in [5, 5.41) is 3.17. The molecule has 96 valence electrons. The summed E-state index contributed by atoms with van der Waals surface area (Å²) in [7, 11) is -3.25. The van der Waals surface area contributed by atoms with Gasteiger partial charge in [0.25, 0.3) is 0 Å². The van der Waals surface area contributed by atoms with Crippen LogP contribution in [0.1, 0.15) is 26.7 Å². The molecule has 5 nitrogen and oxygen atoms in total. The third-order valence-corrected chi connectivity index (χ3v) is 3.54. The van der Waals surface area contributed by atoms with Crippen LogP contribution in [0.2, 0.25) is 0 Å². The second kappa shape index (κ2) is 6.44. The van der Waals surface area contributed by atoms with Gasteiger partial charge in [0.15, 0.2) is 0 Å². The van der Waals surface area contributed by atoms with Gasteiger partial charge in [-0.05, 0) is 25.0 Å². The van der Waals surface area contributed by atoms with Gasteiger partial charge >= 0.3 is 0 Å². The summed E-state index contributed by atoms with van der Waals surface area (Å²) >= 11 is 0. The third kappa shape index (κ3) is 5.04. The van der Waals surface area contributed by atoms with Crippen molar-refractivity contribution in [3.63, 3.8) is 0 Å². The number of nitrogens with one attached hydrogen (secondary N) is 2. The summed E-state index contributed by atoms with van der Waals surface area (Å²) in [6.07, 6.45) is 3.25. The number of nitrogens with zero attached hydrogens (tertiary/aromatic N) is 1. The van der Waals surface area contributed by atoms with E-state index in [1.54, 1.807) is 12.3 Å². The van der Waals surface area contributed by atoms with Gasteiger partial charge in [-0.15, -0.1) is 0 Å². The number of hydrogen-bond acceptors (Lipinski definition) is 4. The van der Waals surface area contributed by atoms with E-state index in [4.69, 9.17) is 0 Å². The lowest BCUT2D eigenvalue weighted by molar-refractivity contribution is 0.599. The third-order valence-electron chi connectivity index (χ3n) is 2.08. The molecule has 6 heteroatoms. The van der Waals surface area contributed by atoms with Crippen LogP contribution in [0.5, 0.6) is 0 Å². The molecule has 1 heterocycles. The molecule has 17 heavy (non-hydrogen) atoms. The first-order valence-electron chi connectivity index (χ1n) is 5.78. The summed E-state index contributed by atoms with van der Waals surface area (Å²) in [6, 6.07) is 3.47. The Morgan fingerprint density at radius 2 is 2.00 bits per heavy atom. The second-order valence-electron chi connectivity index (χ2n) is 3.78. The van der Waals surface area contributed by atoms with Crippen LogP contribution in [-0.2, 0) is 10.0 Å². The fourth-order valence-electron chi connectivity index (χ4n) is 1.31. The average molecular weight is 257 g/mol. The molecule has 0 spiro atoms. The van der Waals surface area contributed by atoms with E-state index in [9.17, 15) is 8.42 Å². The largest absolute Gasteiger partial charge is 0.384 e. The van der Waals surface area contributed by atoms with Crippen molar-refractivity contribution < 1.29 is 8.42 Å². The van der Waals surface area contributed by atoms with Crippen LogP contribution in [-0.4, -0.2) is 25.7 Å². The first-order chi connectivity index (χ1) is 8.07. The highest BCUT2D eigenvalue weighted by Gasteiger charge is 2.08. The zero-order chi connectivity index (χ0) is 12.7. The van der Waals surface area contributed by atoms with Crippen LogP contribution in [0, 0.1) is 0 Å². The minimum Gasteiger partial charge on any atom is -0.384 e. The van der Waals surface area contributed by atoms with Crippen LogP contribution >= 0.6 is 0 Å².